The van der Waals surface area contributed by atoms with E-state index in [9.17, 15) is 9.90 Å². The highest BCUT2D eigenvalue weighted by Gasteiger charge is 2.28. The Morgan fingerprint density at radius 2 is 2.12 bits per heavy atom. The van der Waals surface area contributed by atoms with Gasteiger partial charge in [-0.2, -0.15) is 0 Å². The number of likely N-dealkylation sites (tertiary alicyclic amines) is 1. The molecule has 2 saturated heterocycles. The molecule has 2 unspecified atom stereocenters. The zero-order chi connectivity index (χ0) is 12.1. The Labute approximate surface area is 103 Å². The fourth-order valence-corrected chi connectivity index (χ4v) is 2.81. The van der Waals surface area contributed by atoms with Crippen molar-refractivity contribution in [1.82, 2.24) is 4.90 Å². The third kappa shape index (κ3) is 3.42. The number of ether oxygens (including phenoxy) is 1. The molecule has 0 aromatic heterocycles. The standard InChI is InChI=1S/C13H23NO3/c15-10-11-5-2-1-3-7-14(11)13(16)9-12-6-4-8-17-12/h11-12,15H,1-10H2. The van der Waals surface area contributed by atoms with Crippen molar-refractivity contribution in [1.29, 1.82) is 0 Å². The second-order valence-corrected chi connectivity index (χ2v) is 5.11. The molecule has 1 N–H and O–H groups in total. The molecule has 0 bridgehead atoms. The molecular weight excluding hydrogens is 218 g/mol. The molecule has 2 rings (SSSR count). The van der Waals surface area contributed by atoms with Crippen LogP contribution < -0.4 is 0 Å². The molecule has 2 atom stereocenters. The summed E-state index contributed by atoms with van der Waals surface area (Å²) in [6.07, 6.45) is 6.97. The molecule has 0 aromatic carbocycles. The summed E-state index contributed by atoms with van der Waals surface area (Å²) < 4.78 is 5.50. The van der Waals surface area contributed by atoms with Crippen molar-refractivity contribution in [3.63, 3.8) is 0 Å². The lowest BCUT2D eigenvalue weighted by atomic mass is 10.1. The zero-order valence-corrected chi connectivity index (χ0v) is 10.4. The summed E-state index contributed by atoms with van der Waals surface area (Å²) in [5, 5.41) is 9.37. The molecular formula is C13H23NO3. The Bertz CT molecular complexity index is 251. The average Bonchev–Trinajstić information content (AvgIpc) is 2.71. The van der Waals surface area contributed by atoms with Crippen LogP contribution >= 0.6 is 0 Å². The van der Waals surface area contributed by atoms with E-state index in [-0.39, 0.29) is 24.7 Å². The Kier molecular flexibility index (Phi) is 4.80. The fraction of sp³-hybridized carbons (Fsp3) is 0.923. The molecule has 2 aliphatic rings. The van der Waals surface area contributed by atoms with Gasteiger partial charge < -0.3 is 14.7 Å². The van der Waals surface area contributed by atoms with E-state index in [1.54, 1.807) is 0 Å². The van der Waals surface area contributed by atoms with E-state index in [1.807, 2.05) is 4.90 Å². The Hall–Kier alpha value is -0.610. The maximum Gasteiger partial charge on any atom is 0.225 e. The van der Waals surface area contributed by atoms with Gasteiger partial charge >= 0.3 is 0 Å². The van der Waals surface area contributed by atoms with Gasteiger partial charge in [0.15, 0.2) is 0 Å². The molecule has 1 amide bonds. The van der Waals surface area contributed by atoms with E-state index in [4.69, 9.17) is 4.74 Å². The monoisotopic (exact) mass is 241 g/mol. The van der Waals surface area contributed by atoms with Crippen LogP contribution in [0.5, 0.6) is 0 Å². The molecule has 4 heteroatoms. The summed E-state index contributed by atoms with van der Waals surface area (Å²) in [5.74, 6) is 0.165. The highest BCUT2D eigenvalue weighted by molar-refractivity contribution is 5.77. The first kappa shape index (κ1) is 12.8. The van der Waals surface area contributed by atoms with Crippen LogP contribution in [0.25, 0.3) is 0 Å². The van der Waals surface area contributed by atoms with Crippen molar-refractivity contribution >= 4 is 5.91 Å². The summed E-state index contributed by atoms with van der Waals surface area (Å²) in [6, 6.07) is 0.0337. The second kappa shape index (κ2) is 6.36. The number of carbonyl (C=O) groups excluding carboxylic acids is 1. The fourth-order valence-electron chi connectivity index (χ4n) is 2.81. The van der Waals surface area contributed by atoms with Crippen molar-refractivity contribution in [2.75, 3.05) is 19.8 Å². The normalized spacial score (nSPS) is 30.3. The van der Waals surface area contributed by atoms with Crippen molar-refractivity contribution in [3.05, 3.63) is 0 Å². The van der Waals surface area contributed by atoms with Crippen molar-refractivity contribution in [2.24, 2.45) is 0 Å². The zero-order valence-electron chi connectivity index (χ0n) is 10.4. The molecule has 17 heavy (non-hydrogen) atoms. The topological polar surface area (TPSA) is 49.8 Å². The largest absolute Gasteiger partial charge is 0.394 e. The molecule has 2 heterocycles. The minimum Gasteiger partial charge on any atom is -0.394 e. The molecule has 0 aliphatic carbocycles. The van der Waals surface area contributed by atoms with Crippen LogP contribution in [-0.2, 0) is 9.53 Å². The van der Waals surface area contributed by atoms with Crippen LogP contribution in [0.2, 0.25) is 0 Å². The highest BCUT2D eigenvalue weighted by atomic mass is 16.5. The molecule has 4 nitrogen and oxygen atoms in total. The number of hydrogen-bond acceptors (Lipinski definition) is 3. The number of hydrogen-bond donors (Lipinski definition) is 1. The SMILES string of the molecule is O=C(CC1CCCO1)N1CCCCCC1CO. The summed E-state index contributed by atoms with van der Waals surface area (Å²) in [6.45, 7) is 1.69. The first-order valence-corrected chi connectivity index (χ1v) is 6.83. The molecule has 0 saturated carbocycles. The van der Waals surface area contributed by atoms with Crippen molar-refractivity contribution < 1.29 is 14.6 Å². The lowest BCUT2D eigenvalue weighted by Gasteiger charge is -2.29. The second-order valence-electron chi connectivity index (χ2n) is 5.11. The van der Waals surface area contributed by atoms with Crippen LogP contribution in [0.15, 0.2) is 0 Å². The number of rotatable bonds is 3. The van der Waals surface area contributed by atoms with Gasteiger partial charge in [0.25, 0.3) is 0 Å². The van der Waals surface area contributed by atoms with Crippen LogP contribution in [0.4, 0.5) is 0 Å². The van der Waals surface area contributed by atoms with Crippen molar-refractivity contribution in [3.8, 4) is 0 Å². The Balaban J connectivity index is 1.89. The number of carbonyl (C=O) groups is 1. The van der Waals surface area contributed by atoms with Gasteiger partial charge in [-0.3, -0.25) is 4.79 Å². The van der Waals surface area contributed by atoms with E-state index in [0.717, 1.165) is 45.3 Å². The lowest BCUT2D eigenvalue weighted by molar-refractivity contribution is -0.136. The van der Waals surface area contributed by atoms with Gasteiger partial charge in [0, 0.05) is 13.2 Å². The van der Waals surface area contributed by atoms with Crippen molar-refractivity contribution in [2.45, 2.75) is 57.1 Å². The Morgan fingerprint density at radius 1 is 1.24 bits per heavy atom. The predicted octanol–water partition coefficient (Wildman–Crippen LogP) is 1.32. The van der Waals surface area contributed by atoms with Gasteiger partial charge in [0.05, 0.1) is 25.2 Å². The van der Waals surface area contributed by atoms with E-state index in [1.165, 1.54) is 6.42 Å². The summed E-state index contributed by atoms with van der Waals surface area (Å²) in [7, 11) is 0. The third-order valence-corrected chi connectivity index (χ3v) is 3.83. The van der Waals surface area contributed by atoms with Gasteiger partial charge in [0.2, 0.25) is 5.91 Å². The highest BCUT2D eigenvalue weighted by Crippen LogP contribution is 2.21. The first-order valence-electron chi connectivity index (χ1n) is 6.83. The van der Waals surface area contributed by atoms with E-state index < -0.39 is 0 Å². The number of aliphatic hydroxyl groups is 1. The molecule has 2 fully saturated rings. The number of aliphatic hydroxyl groups excluding tert-OH is 1. The first-order chi connectivity index (χ1) is 8.31. The third-order valence-electron chi connectivity index (χ3n) is 3.83. The number of amides is 1. The van der Waals surface area contributed by atoms with E-state index in [0.29, 0.717) is 6.42 Å². The van der Waals surface area contributed by atoms with Gasteiger partial charge in [-0.15, -0.1) is 0 Å². The number of nitrogens with zero attached hydrogens (tertiary/aromatic N) is 1. The minimum atomic E-state index is 0.0337. The van der Waals surface area contributed by atoms with Gasteiger partial charge in [-0.25, -0.2) is 0 Å². The molecule has 2 aliphatic heterocycles. The predicted molar refractivity (Wildman–Crippen MR) is 64.6 cm³/mol. The summed E-state index contributed by atoms with van der Waals surface area (Å²) in [4.78, 5) is 14.1. The Morgan fingerprint density at radius 3 is 2.82 bits per heavy atom. The van der Waals surface area contributed by atoms with Crippen LogP contribution in [0.1, 0.15) is 44.9 Å². The van der Waals surface area contributed by atoms with Crippen LogP contribution in [0, 0.1) is 0 Å². The summed E-state index contributed by atoms with van der Waals surface area (Å²) in [5.41, 5.74) is 0. The molecule has 98 valence electrons. The smallest absolute Gasteiger partial charge is 0.225 e. The van der Waals surface area contributed by atoms with Gasteiger partial charge in [-0.05, 0) is 25.7 Å². The molecule has 0 aromatic rings. The molecule has 0 spiro atoms. The van der Waals surface area contributed by atoms with Crippen LogP contribution in [-0.4, -0.2) is 47.8 Å². The lowest BCUT2D eigenvalue weighted by Crippen LogP contribution is -2.43. The van der Waals surface area contributed by atoms with E-state index >= 15 is 0 Å². The quantitative estimate of drug-likeness (QED) is 0.810. The molecule has 0 radical (unpaired) electrons. The van der Waals surface area contributed by atoms with Gasteiger partial charge in [-0.1, -0.05) is 12.8 Å². The maximum atomic E-state index is 12.2. The van der Waals surface area contributed by atoms with Gasteiger partial charge in [0.1, 0.15) is 0 Å². The van der Waals surface area contributed by atoms with Crippen LogP contribution in [0.3, 0.4) is 0 Å². The maximum absolute atomic E-state index is 12.2. The summed E-state index contributed by atoms with van der Waals surface area (Å²) >= 11 is 0. The van der Waals surface area contributed by atoms with E-state index in [2.05, 4.69) is 0 Å². The average molecular weight is 241 g/mol. The minimum absolute atomic E-state index is 0.0337.